The molecule has 1 N–H and O–H groups in total. The van der Waals surface area contributed by atoms with Crippen LogP contribution in [0.3, 0.4) is 0 Å². The van der Waals surface area contributed by atoms with Crippen LogP contribution in [0, 0.1) is 10.1 Å². The molecule has 8 heteroatoms. The van der Waals surface area contributed by atoms with Gasteiger partial charge in [0, 0.05) is 23.4 Å². The summed E-state index contributed by atoms with van der Waals surface area (Å²) in [5.74, 6) is -1.40. The van der Waals surface area contributed by atoms with E-state index in [1.54, 1.807) is 24.3 Å². The first-order valence-electron chi connectivity index (χ1n) is 7.19. The third-order valence-corrected chi connectivity index (χ3v) is 3.22. The second-order valence-electron chi connectivity index (χ2n) is 5.06. The number of carbonyl (C=O) groups excluding carboxylic acids is 3. The average Bonchev–Trinajstić information content (AvgIpc) is 2.60. The van der Waals surface area contributed by atoms with E-state index in [1.165, 1.54) is 31.2 Å². The summed E-state index contributed by atoms with van der Waals surface area (Å²) in [7, 11) is 0. The standard InChI is InChI=1S/C17H14N2O6/c1-11(20)12-2-6-14(7-3-12)18-16(21)10-25-17(22)13-4-8-15(9-5-13)19(23)24/h2-9H,10H2,1H3,(H,18,21). The lowest BCUT2D eigenvalue weighted by molar-refractivity contribution is -0.384. The number of ketones is 1. The molecule has 0 radical (unpaired) electrons. The lowest BCUT2D eigenvalue weighted by atomic mass is 10.1. The number of hydrogen-bond donors (Lipinski definition) is 1. The molecule has 0 unspecified atom stereocenters. The number of ether oxygens (including phenoxy) is 1. The highest BCUT2D eigenvalue weighted by Gasteiger charge is 2.12. The Kier molecular flexibility index (Phi) is 5.57. The van der Waals surface area contributed by atoms with Crippen molar-refractivity contribution in [1.29, 1.82) is 0 Å². The van der Waals surface area contributed by atoms with E-state index in [2.05, 4.69) is 5.32 Å². The molecular weight excluding hydrogens is 328 g/mol. The van der Waals surface area contributed by atoms with Gasteiger partial charge in [0.15, 0.2) is 12.4 Å². The maximum atomic E-state index is 11.8. The average molecular weight is 342 g/mol. The molecule has 1 amide bonds. The third-order valence-electron chi connectivity index (χ3n) is 3.22. The van der Waals surface area contributed by atoms with Crippen molar-refractivity contribution in [2.24, 2.45) is 0 Å². The number of nitro benzene ring substituents is 1. The van der Waals surface area contributed by atoms with E-state index in [-0.39, 0.29) is 17.0 Å². The summed E-state index contributed by atoms with van der Waals surface area (Å²) in [5.41, 5.74) is 0.927. The first kappa shape index (κ1) is 17.8. The van der Waals surface area contributed by atoms with Crippen LogP contribution < -0.4 is 5.32 Å². The van der Waals surface area contributed by atoms with Gasteiger partial charge in [0.25, 0.3) is 11.6 Å². The summed E-state index contributed by atoms with van der Waals surface area (Å²) in [5, 5.41) is 13.1. The molecule has 0 aliphatic carbocycles. The van der Waals surface area contributed by atoms with E-state index in [4.69, 9.17) is 4.74 Å². The highest BCUT2D eigenvalue weighted by Crippen LogP contribution is 2.13. The van der Waals surface area contributed by atoms with Gasteiger partial charge in [0.1, 0.15) is 0 Å². The van der Waals surface area contributed by atoms with Crippen LogP contribution in [0.1, 0.15) is 27.6 Å². The fourth-order valence-corrected chi connectivity index (χ4v) is 1.92. The minimum absolute atomic E-state index is 0.0881. The molecular formula is C17H14N2O6. The number of non-ortho nitro benzene ring substituents is 1. The number of carbonyl (C=O) groups is 3. The van der Waals surface area contributed by atoms with Gasteiger partial charge in [-0.1, -0.05) is 0 Å². The minimum atomic E-state index is -0.767. The number of amides is 1. The molecule has 128 valence electrons. The molecule has 2 aromatic rings. The fraction of sp³-hybridized carbons (Fsp3) is 0.118. The largest absolute Gasteiger partial charge is 0.452 e. The topological polar surface area (TPSA) is 116 Å². The molecule has 0 aromatic heterocycles. The zero-order chi connectivity index (χ0) is 18.4. The predicted octanol–water partition coefficient (Wildman–Crippen LogP) is 2.59. The van der Waals surface area contributed by atoms with Gasteiger partial charge >= 0.3 is 5.97 Å². The maximum Gasteiger partial charge on any atom is 0.338 e. The summed E-state index contributed by atoms with van der Waals surface area (Å²) in [4.78, 5) is 44.7. The number of benzene rings is 2. The van der Waals surface area contributed by atoms with E-state index in [0.717, 1.165) is 0 Å². The van der Waals surface area contributed by atoms with Crippen LogP contribution in [0.2, 0.25) is 0 Å². The summed E-state index contributed by atoms with van der Waals surface area (Å²) in [6.45, 7) is 0.926. The summed E-state index contributed by atoms with van der Waals surface area (Å²) in [6, 6.07) is 11.1. The van der Waals surface area contributed by atoms with Crippen molar-refractivity contribution in [3.63, 3.8) is 0 Å². The Labute approximate surface area is 142 Å². The molecule has 0 aliphatic heterocycles. The second-order valence-corrected chi connectivity index (χ2v) is 5.06. The van der Waals surface area contributed by atoms with E-state index in [0.29, 0.717) is 11.3 Å². The number of Topliss-reactive ketones (excluding diaryl/α,β-unsaturated/α-hetero) is 1. The van der Waals surface area contributed by atoms with Gasteiger partial charge in [0.2, 0.25) is 0 Å². The van der Waals surface area contributed by atoms with E-state index in [1.807, 2.05) is 0 Å². The number of nitrogens with one attached hydrogen (secondary N) is 1. The van der Waals surface area contributed by atoms with Crippen molar-refractivity contribution in [2.45, 2.75) is 6.92 Å². The van der Waals surface area contributed by atoms with Gasteiger partial charge in [-0.2, -0.15) is 0 Å². The minimum Gasteiger partial charge on any atom is -0.452 e. The monoisotopic (exact) mass is 342 g/mol. The quantitative estimate of drug-likeness (QED) is 0.373. The lowest BCUT2D eigenvalue weighted by Crippen LogP contribution is -2.20. The van der Waals surface area contributed by atoms with Crippen LogP contribution in [0.4, 0.5) is 11.4 Å². The molecule has 0 fully saturated rings. The molecule has 0 saturated heterocycles. The SMILES string of the molecule is CC(=O)c1ccc(NC(=O)COC(=O)c2ccc([N+](=O)[O-])cc2)cc1. The molecule has 0 spiro atoms. The number of esters is 1. The molecule has 2 aromatic carbocycles. The zero-order valence-corrected chi connectivity index (χ0v) is 13.2. The first-order valence-corrected chi connectivity index (χ1v) is 7.19. The van der Waals surface area contributed by atoms with Crippen molar-refractivity contribution < 1.29 is 24.0 Å². The van der Waals surface area contributed by atoms with Crippen molar-refractivity contribution >= 4 is 29.0 Å². The number of hydrogen-bond acceptors (Lipinski definition) is 6. The molecule has 0 aliphatic rings. The Balaban J connectivity index is 1.87. The lowest BCUT2D eigenvalue weighted by Gasteiger charge is -2.07. The molecule has 8 nitrogen and oxygen atoms in total. The Morgan fingerprint density at radius 3 is 2.08 bits per heavy atom. The second kappa shape index (κ2) is 7.82. The predicted molar refractivity (Wildman–Crippen MR) is 88.5 cm³/mol. The molecule has 25 heavy (non-hydrogen) atoms. The summed E-state index contributed by atoms with van der Waals surface area (Å²) < 4.78 is 4.85. The molecule has 0 heterocycles. The van der Waals surface area contributed by atoms with Crippen LogP contribution >= 0.6 is 0 Å². The normalized spacial score (nSPS) is 9.96. The first-order chi connectivity index (χ1) is 11.9. The smallest absolute Gasteiger partial charge is 0.338 e. The van der Waals surface area contributed by atoms with E-state index < -0.39 is 23.4 Å². The van der Waals surface area contributed by atoms with Crippen molar-refractivity contribution in [3.05, 3.63) is 69.8 Å². The van der Waals surface area contributed by atoms with E-state index in [9.17, 15) is 24.5 Å². The van der Waals surface area contributed by atoms with Gasteiger partial charge in [0.05, 0.1) is 10.5 Å². The van der Waals surface area contributed by atoms with Crippen molar-refractivity contribution in [3.8, 4) is 0 Å². The Morgan fingerprint density at radius 2 is 1.56 bits per heavy atom. The van der Waals surface area contributed by atoms with Crippen LogP contribution in [0.25, 0.3) is 0 Å². The zero-order valence-electron chi connectivity index (χ0n) is 13.2. The number of rotatable bonds is 6. The highest BCUT2D eigenvalue weighted by molar-refractivity contribution is 5.97. The Hall–Kier alpha value is -3.55. The maximum absolute atomic E-state index is 11.8. The Bertz CT molecular complexity index is 812. The number of nitro groups is 1. The molecule has 0 bridgehead atoms. The van der Waals surface area contributed by atoms with Gasteiger partial charge in [-0.15, -0.1) is 0 Å². The van der Waals surface area contributed by atoms with E-state index >= 15 is 0 Å². The highest BCUT2D eigenvalue weighted by atomic mass is 16.6. The van der Waals surface area contributed by atoms with Crippen LogP contribution in [-0.4, -0.2) is 29.2 Å². The molecule has 0 atom stereocenters. The van der Waals surface area contributed by atoms with Gasteiger partial charge in [-0.25, -0.2) is 4.79 Å². The van der Waals surface area contributed by atoms with Crippen LogP contribution in [0.15, 0.2) is 48.5 Å². The molecule has 2 rings (SSSR count). The Morgan fingerprint density at radius 1 is 1.00 bits per heavy atom. The summed E-state index contributed by atoms with van der Waals surface area (Å²) in [6.07, 6.45) is 0. The molecule has 0 saturated carbocycles. The number of anilines is 1. The fourth-order valence-electron chi connectivity index (χ4n) is 1.92. The third kappa shape index (κ3) is 4.96. The van der Waals surface area contributed by atoms with Crippen molar-refractivity contribution in [2.75, 3.05) is 11.9 Å². The van der Waals surface area contributed by atoms with Crippen molar-refractivity contribution in [1.82, 2.24) is 0 Å². The van der Waals surface area contributed by atoms with Crippen LogP contribution in [-0.2, 0) is 9.53 Å². The van der Waals surface area contributed by atoms with Gasteiger partial charge in [-0.05, 0) is 43.3 Å². The van der Waals surface area contributed by atoms with Gasteiger partial charge in [-0.3, -0.25) is 19.7 Å². The summed E-state index contributed by atoms with van der Waals surface area (Å²) >= 11 is 0. The van der Waals surface area contributed by atoms with Gasteiger partial charge < -0.3 is 10.1 Å². The van der Waals surface area contributed by atoms with Crippen LogP contribution in [0.5, 0.6) is 0 Å². The number of nitrogens with zero attached hydrogens (tertiary/aromatic N) is 1.